The standard InChI is InChI=1S/C30H33NO7/c1-6-37-29(33)24-17(3)31-22-16-21(18-12-14-19(35-4)15-13-18)26(30(34)38-7-2)28(32)27(22)25(24)20-10-8-9-11-23(20)36-5/h8-15,21,25-26,31H,6-7,16H2,1-5H3/t21-,25+,26+/m0/s1. The average molecular weight is 520 g/mol. The Labute approximate surface area is 222 Å². The lowest BCUT2D eigenvalue weighted by Crippen LogP contribution is -2.43. The molecular weight excluding hydrogens is 486 g/mol. The van der Waals surface area contributed by atoms with Crippen molar-refractivity contribution in [2.75, 3.05) is 27.4 Å². The fraction of sp³-hybridized carbons (Fsp3) is 0.367. The van der Waals surface area contributed by atoms with E-state index in [1.165, 1.54) is 0 Å². The minimum atomic E-state index is -1.08. The molecule has 38 heavy (non-hydrogen) atoms. The highest BCUT2D eigenvalue weighted by atomic mass is 16.5. The molecule has 4 rings (SSSR count). The summed E-state index contributed by atoms with van der Waals surface area (Å²) in [5, 5.41) is 3.31. The summed E-state index contributed by atoms with van der Waals surface area (Å²) in [5.41, 5.74) is 3.38. The van der Waals surface area contributed by atoms with Crippen LogP contribution in [0.15, 0.2) is 71.1 Å². The number of carbonyl (C=O) groups excluding carboxylic acids is 3. The fourth-order valence-electron chi connectivity index (χ4n) is 5.40. The second kappa shape index (κ2) is 11.5. The summed E-state index contributed by atoms with van der Waals surface area (Å²) in [4.78, 5) is 40.9. The van der Waals surface area contributed by atoms with E-state index in [-0.39, 0.29) is 19.0 Å². The Kier molecular flexibility index (Phi) is 8.20. The summed E-state index contributed by atoms with van der Waals surface area (Å²) in [6, 6.07) is 14.6. The van der Waals surface area contributed by atoms with Crippen molar-refractivity contribution in [3.8, 4) is 11.5 Å². The van der Waals surface area contributed by atoms with Crippen LogP contribution < -0.4 is 14.8 Å². The number of rotatable bonds is 8. The third kappa shape index (κ3) is 4.90. The summed E-state index contributed by atoms with van der Waals surface area (Å²) in [5.74, 6) is -2.62. The lowest BCUT2D eigenvalue weighted by Gasteiger charge is -2.39. The lowest BCUT2D eigenvalue weighted by atomic mass is 9.67. The van der Waals surface area contributed by atoms with Crippen LogP contribution >= 0.6 is 0 Å². The maximum atomic E-state index is 14.4. The summed E-state index contributed by atoms with van der Waals surface area (Å²) in [6.07, 6.45) is 0.371. The van der Waals surface area contributed by atoms with Crippen LogP contribution in [0.2, 0.25) is 0 Å². The van der Waals surface area contributed by atoms with E-state index in [9.17, 15) is 14.4 Å². The molecule has 3 atom stereocenters. The smallest absolute Gasteiger partial charge is 0.336 e. The Morgan fingerprint density at radius 3 is 2.26 bits per heavy atom. The zero-order valence-corrected chi connectivity index (χ0v) is 22.3. The molecule has 200 valence electrons. The van der Waals surface area contributed by atoms with E-state index in [1.54, 1.807) is 41.1 Å². The second-order valence-electron chi connectivity index (χ2n) is 9.13. The van der Waals surface area contributed by atoms with Crippen molar-refractivity contribution in [1.82, 2.24) is 5.32 Å². The van der Waals surface area contributed by atoms with Crippen molar-refractivity contribution in [2.45, 2.75) is 39.0 Å². The molecule has 1 aliphatic carbocycles. The SMILES string of the molecule is CCOC(=O)C1=C(C)NC2=C(C(=O)[C@H](C(=O)OCC)[C@H](c3ccc(OC)cc3)C2)[C@@H]1c1ccccc1OC. The number of esters is 2. The third-order valence-electron chi connectivity index (χ3n) is 7.05. The summed E-state index contributed by atoms with van der Waals surface area (Å²) >= 11 is 0. The topological polar surface area (TPSA) is 100 Å². The number of ether oxygens (including phenoxy) is 4. The van der Waals surface area contributed by atoms with Crippen LogP contribution in [0.5, 0.6) is 11.5 Å². The van der Waals surface area contributed by atoms with Crippen LogP contribution in [0.1, 0.15) is 50.2 Å². The van der Waals surface area contributed by atoms with Crippen molar-refractivity contribution in [3.05, 3.63) is 82.2 Å². The summed E-state index contributed by atoms with van der Waals surface area (Å²) < 4.78 is 21.7. The molecule has 0 bridgehead atoms. The first-order valence-electron chi connectivity index (χ1n) is 12.7. The van der Waals surface area contributed by atoms with E-state index in [1.807, 2.05) is 42.5 Å². The van der Waals surface area contributed by atoms with Gasteiger partial charge in [0, 0.05) is 28.4 Å². The Morgan fingerprint density at radius 2 is 1.63 bits per heavy atom. The maximum absolute atomic E-state index is 14.4. The second-order valence-corrected chi connectivity index (χ2v) is 9.13. The number of Topliss-reactive ketones (excluding diaryl/α,β-unsaturated/α-hetero) is 1. The predicted octanol–water partition coefficient (Wildman–Crippen LogP) is 4.42. The largest absolute Gasteiger partial charge is 0.497 e. The molecule has 8 heteroatoms. The van der Waals surface area contributed by atoms with Gasteiger partial charge in [0.15, 0.2) is 5.78 Å². The molecule has 0 unspecified atom stereocenters. The maximum Gasteiger partial charge on any atom is 0.336 e. The van der Waals surface area contributed by atoms with Gasteiger partial charge < -0.3 is 24.3 Å². The van der Waals surface area contributed by atoms with Gasteiger partial charge in [0.1, 0.15) is 17.4 Å². The molecule has 0 fully saturated rings. The van der Waals surface area contributed by atoms with Crippen molar-refractivity contribution < 1.29 is 33.3 Å². The number of nitrogens with one attached hydrogen (secondary N) is 1. The van der Waals surface area contributed by atoms with Crippen LogP contribution in [0.3, 0.4) is 0 Å². The molecule has 0 amide bonds. The first kappa shape index (κ1) is 27.0. The van der Waals surface area contributed by atoms with E-state index in [4.69, 9.17) is 18.9 Å². The zero-order valence-electron chi connectivity index (χ0n) is 22.3. The number of carbonyl (C=O) groups is 3. The van der Waals surface area contributed by atoms with E-state index in [2.05, 4.69) is 5.32 Å². The molecule has 0 spiro atoms. The van der Waals surface area contributed by atoms with E-state index in [0.29, 0.717) is 46.0 Å². The normalized spacial score (nSPS) is 20.9. The number of allylic oxidation sites excluding steroid dienone is 3. The molecule has 8 nitrogen and oxygen atoms in total. The van der Waals surface area contributed by atoms with Crippen molar-refractivity contribution in [3.63, 3.8) is 0 Å². The molecular formula is C30H33NO7. The fourth-order valence-corrected chi connectivity index (χ4v) is 5.40. The van der Waals surface area contributed by atoms with Crippen LogP contribution in [0.25, 0.3) is 0 Å². The van der Waals surface area contributed by atoms with Crippen LogP contribution in [-0.2, 0) is 23.9 Å². The monoisotopic (exact) mass is 519 g/mol. The van der Waals surface area contributed by atoms with Gasteiger partial charge in [-0.1, -0.05) is 30.3 Å². The minimum Gasteiger partial charge on any atom is -0.497 e. The number of ketones is 1. The first-order valence-corrected chi connectivity index (χ1v) is 12.7. The van der Waals surface area contributed by atoms with Gasteiger partial charge in [-0.05, 0) is 51.0 Å². The van der Waals surface area contributed by atoms with Crippen molar-refractivity contribution >= 4 is 17.7 Å². The average Bonchev–Trinajstić information content (AvgIpc) is 2.92. The van der Waals surface area contributed by atoms with Gasteiger partial charge in [-0.15, -0.1) is 0 Å². The van der Waals surface area contributed by atoms with Crippen molar-refractivity contribution in [1.29, 1.82) is 0 Å². The van der Waals surface area contributed by atoms with Gasteiger partial charge in [0.25, 0.3) is 0 Å². The van der Waals surface area contributed by atoms with Gasteiger partial charge in [-0.3, -0.25) is 9.59 Å². The summed E-state index contributed by atoms with van der Waals surface area (Å²) in [6.45, 7) is 5.56. The molecule has 0 aromatic heterocycles. The van der Waals surface area contributed by atoms with Crippen LogP contribution in [0.4, 0.5) is 0 Å². The Morgan fingerprint density at radius 1 is 0.947 bits per heavy atom. The van der Waals surface area contributed by atoms with Gasteiger partial charge in [0.05, 0.1) is 38.9 Å². The number of benzene rings is 2. The van der Waals surface area contributed by atoms with Crippen LogP contribution in [-0.4, -0.2) is 45.2 Å². The number of hydrogen-bond donors (Lipinski definition) is 1. The number of para-hydroxylation sites is 1. The van der Waals surface area contributed by atoms with Gasteiger partial charge in [-0.25, -0.2) is 4.79 Å². The van der Waals surface area contributed by atoms with Crippen molar-refractivity contribution in [2.24, 2.45) is 5.92 Å². The number of dihydropyridines is 1. The first-order chi connectivity index (χ1) is 18.4. The third-order valence-corrected chi connectivity index (χ3v) is 7.05. The molecule has 0 saturated heterocycles. The molecule has 0 radical (unpaired) electrons. The quantitative estimate of drug-likeness (QED) is 0.404. The molecule has 2 aromatic carbocycles. The molecule has 2 aromatic rings. The van der Waals surface area contributed by atoms with E-state index >= 15 is 0 Å². The van der Waals surface area contributed by atoms with E-state index in [0.717, 1.165) is 5.56 Å². The number of hydrogen-bond acceptors (Lipinski definition) is 8. The zero-order chi connectivity index (χ0) is 27.4. The lowest BCUT2D eigenvalue weighted by molar-refractivity contribution is -0.152. The Bertz CT molecular complexity index is 1290. The highest BCUT2D eigenvalue weighted by molar-refractivity contribution is 6.13. The molecule has 2 aliphatic rings. The Balaban J connectivity index is 1.91. The number of methoxy groups -OCH3 is 2. The van der Waals surface area contributed by atoms with Gasteiger partial charge >= 0.3 is 11.9 Å². The van der Waals surface area contributed by atoms with Gasteiger partial charge in [-0.2, -0.15) is 0 Å². The minimum absolute atomic E-state index is 0.144. The highest BCUT2D eigenvalue weighted by Crippen LogP contribution is 2.49. The molecule has 1 aliphatic heterocycles. The molecule has 0 saturated carbocycles. The highest BCUT2D eigenvalue weighted by Gasteiger charge is 2.49. The Hall–Kier alpha value is -4.07. The van der Waals surface area contributed by atoms with Crippen LogP contribution in [0, 0.1) is 5.92 Å². The molecule has 1 N–H and O–H groups in total. The summed E-state index contributed by atoms with van der Waals surface area (Å²) in [7, 11) is 3.12. The predicted molar refractivity (Wildman–Crippen MR) is 141 cm³/mol. The van der Waals surface area contributed by atoms with Gasteiger partial charge in [0.2, 0.25) is 0 Å². The molecule has 1 heterocycles. The van der Waals surface area contributed by atoms with E-state index < -0.39 is 29.7 Å².